The van der Waals surface area contributed by atoms with Crippen molar-refractivity contribution in [3.63, 3.8) is 0 Å². The van der Waals surface area contributed by atoms with Crippen LogP contribution in [0.1, 0.15) is 37.3 Å². The summed E-state index contributed by atoms with van der Waals surface area (Å²) in [6.07, 6.45) is 2.41. The lowest BCUT2D eigenvalue weighted by molar-refractivity contribution is -0.132. The molecular weight excluding hydrogens is 312 g/mol. The van der Waals surface area contributed by atoms with Crippen LogP contribution in [-0.2, 0) is 21.2 Å². The summed E-state index contributed by atoms with van der Waals surface area (Å²) in [7, 11) is -3.15. The Morgan fingerprint density at radius 1 is 1.09 bits per heavy atom. The molecule has 2 rings (SSSR count). The van der Waals surface area contributed by atoms with Gasteiger partial charge in [0.05, 0.1) is 6.26 Å². The molecular formula is C17H26N2O3S. The summed E-state index contributed by atoms with van der Waals surface area (Å²) in [5.41, 5.74) is 2.47. The third-order valence-corrected chi connectivity index (χ3v) is 5.64. The van der Waals surface area contributed by atoms with Crippen LogP contribution in [0, 0.1) is 0 Å². The fourth-order valence-electron chi connectivity index (χ4n) is 2.75. The van der Waals surface area contributed by atoms with E-state index < -0.39 is 10.0 Å². The van der Waals surface area contributed by atoms with Gasteiger partial charge in [0.1, 0.15) is 0 Å². The van der Waals surface area contributed by atoms with Crippen LogP contribution in [0.25, 0.3) is 0 Å². The molecule has 1 aromatic rings. The second-order valence-electron chi connectivity index (χ2n) is 6.44. The predicted octanol–water partition coefficient (Wildman–Crippen LogP) is 1.85. The first-order valence-corrected chi connectivity index (χ1v) is 9.94. The van der Waals surface area contributed by atoms with Gasteiger partial charge in [-0.2, -0.15) is 4.31 Å². The average Bonchev–Trinajstić information content (AvgIpc) is 2.52. The highest BCUT2D eigenvalue weighted by molar-refractivity contribution is 7.88. The standard InChI is InChI=1S/C17H26N2O3S/c1-14(2)16-7-4-15(5-8-16)6-9-17(20)18-10-12-19(13-11-18)23(3,21)22/h4-5,7-8,14H,6,9-13H2,1-3H3. The van der Waals surface area contributed by atoms with E-state index in [1.165, 1.54) is 16.1 Å². The lowest BCUT2D eigenvalue weighted by Crippen LogP contribution is -2.50. The van der Waals surface area contributed by atoms with Gasteiger partial charge in [-0.3, -0.25) is 4.79 Å². The van der Waals surface area contributed by atoms with Gasteiger partial charge in [-0.15, -0.1) is 0 Å². The van der Waals surface area contributed by atoms with Gasteiger partial charge in [0.15, 0.2) is 0 Å². The minimum atomic E-state index is -3.15. The van der Waals surface area contributed by atoms with E-state index in [9.17, 15) is 13.2 Å². The van der Waals surface area contributed by atoms with E-state index >= 15 is 0 Å². The van der Waals surface area contributed by atoms with Gasteiger partial charge in [-0.1, -0.05) is 38.1 Å². The van der Waals surface area contributed by atoms with Crippen LogP contribution in [-0.4, -0.2) is 56.0 Å². The van der Waals surface area contributed by atoms with Crippen molar-refractivity contribution in [2.75, 3.05) is 32.4 Å². The molecule has 1 aromatic carbocycles. The van der Waals surface area contributed by atoms with E-state index in [-0.39, 0.29) is 5.91 Å². The maximum absolute atomic E-state index is 12.3. The summed E-state index contributed by atoms with van der Waals surface area (Å²) in [6, 6.07) is 8.42. The number of carbonyl (C=O) groups excluding carboxylic acids is 1. The predicted molar refractivity (Wildman–Crippen MR) is 91.8 cm³/mol. The van der Waals surface area contributed by atoms with Gasteiger partial charge in [0.2, 0.25) is 15.9 Å². The van der Waals surface area contributed by atoms with Crippen molar-refractivity contribution in [1.29, 1.82) is 0 Å². The van der Waals surface area contributed by atoms with E-state index in [1.807, 2.05) is 0 Å². The molecule has 1 amide bonds. The first-order valence-electron chi connectivity index (χ1n) is 8.09. The zero-order chi connectivity index (χ0) is 17.0. The summed E-state index contributed by atoms with van der Waals surface area (Å²) in [5.74, 6) is 0.614. The molecule has 6 heteroatoms. The number of benzene rings is 1. The van der Waals surface area contributed by atoms with Crippen LogP contribution < -0.4 is 0 Å². The van der Waals surface area contributed by atoms with E-state index in [0.717, 1.165) is 12.0 Å². The van der Waals surface area contributed by atoms with Crippen molar-refractivity contribution in [3.8, 4) is 0 Å². The third kappa shape index (κ3) is 5.04. The molecule has 0 N–H and O–H groups in total. The van der Waals surface area contributed by atoms with E-state index in [4.69, 9.17) is 0 Å². The van der Waals surface area contributed by atoms with Crippen LogP contribution in [0.15, 0.2) is 24.3 Å². The second kappa shape index (κ2) is 7.45. The van der Waals surface area contributed by atoms with Gasteiger partial charge < -0.3 is 4.90 Å². The Morgan fingerprint density at radius 3 is 2.13 bits per heavy atom. The summed E-state index contributed by atoms with van der Waals surface area (Å²) < 4.78 is 24.4. The molecule has 0 bridgehead atoms. The van der Waals surface area contributed by atoms with E-state index in [1.54, 1.807) is 4.90 Å². The maximum Gasteiger partial charge on any atom is 0.222 e. The molecule has 1 heterocycles. The number of piperazine rings is 1. The number of hydrogen-bond acceptors (Lipinski definition) is 3. The summed E-state index contributed by atoms with van der Waals surface area (Å²) in [6.45, 7) is 6.08. The Balaban J connectivity index is 1.81. The molecule has 0 spiro atoms. The molecule has 5 nitrogen and oxygen atoms in total. The minimum absolute atomic E-state index is 0.103. The molecule has 1 saturated heterocycles. The van der Waals surface area contributed by atoms with Crippen LogP contribution in [0.2, 0.25) is 0 Å². The highest BCUT2D eigenvalue weighted by Gasteiger charge is 2.25. The van der Waals surface area contributed by atoms with E-state index in [2.05, 4.69) is 38.1 Å². The van der Waals surface area contributed by atoms with Gasteiger partial charge in [0, 0.05) is 32.6 Å². The Hall–Kier alpha value is -1.40. The molecule has 23 heavy (non-hydrogen) atoms. The number of nitrogens with zero attached hydrogens (tertiary/aromatic N) is 2. The third-order valence-electron chi connectivity index (χ3n) is 4.33. The summed E-state index contributed by atoms with van der Waals surface area (Å²) in [4.78, 5) is 14.0. The van der Waals surface area contributed by atoms with Crippen molar-refractivity contribution in [2.24, 2.45) is 0 Å². The second-order valence-corrected chi connectivity index (χ2v) is 8.42. The Bertz CT molecular complexity index is 630. The number of aryl methyl sites for hydroxylation is 1. The highest BCUT2D eigenvalue weighted by atomic mass is 32.2. The van der Waals surface area contributed by atoms with Gasteiger partial charge in [-0.05, 0) is 23.5 Å². The van der Waals surface area contributed by atoms with Crippen molar-refractivity contribution in [1.82, 2.24) is 9.21 Å². The van der Waals surface area contributed by atoms with Gasteiger partial charge >= 0.3 is 0 Å². The van der Waals surface area contributed by atoms with Crippen molar-refractivity contribution >= 4 is 15.9 Å². The van der Waals surface area contributed by atoms with Crippen LogP contribution >= 0.6 is 0 Å². The lowest BCUT2D eigenvalue weighted by atomic mass is 10.00. The van der Waals surface area contributed by atoms with E-state index in [0.29, 0.717) is 38.5 Å². The SMILES string of the molecule is CC(C)c1ccc(CCC(=O)N2CCN(S(C)(=O)=O)CC2)cc1. The van der Waals surface area contributed by atoms with Crippen LogP contribution in [0.5, 0.6) is 0 Å². The molecule has 1 aliphatic heterocycles. The molecule has 0 atom stereocenters. The lowest BCUT2D eigenvalue weighted by Gasteiger charge is -2.33. The normalized spacial score (nSPS) is 16.8. The Morgan fingerprint density at radius 2 is 1.65 bits per heavy atom. The number of amides is 1. The molecule has 0 aromatic heterocycles. The first kappa shape index (κ1) is 17.9. The number of sulfonamides is 1. The Labute approximate surface area is 139 Å². The summed E-state index contributed by atoms with van der Waals surface area (Å²) >= 11 is 0. The molecule has 0 unspecified atom stereocenters. The molecule has 128 valence electrons. The van der Waals surface area contributed by atoms with Crippen LogP contribution in [0.4, 0.5) is 0 Å². The molecule has 1 aliphatic rings. The van der Waals surface area contributed by atoms with Crippen molar-refractivity contribution < 1.29 is 13.2 Å². The van der Waals surface area contributed by atoms with Crippen LogP contribution in [0.3, 0.4) is 0 Å². The average molecular weight is 338 g/mol. The monoisotopic (exact) mass is 338 g/mol. The molecule has 0 aliphatic carbocycles. The molecule has 0 radical (unpaired) electrons. The van der Waals surface area contributed by atoms with Gasteiger partial charge in [-0.25, -0.2) is 8.42 Å². The Kier molecular flexibility index (Phi) is 5.81. The highest BCUT2D eigenvalue weighted by Crippen LogP contribution is 2.16. The molecule has 0 saturated carbocycles. The number of rotatable bonds is 5. The maximum atomic E-state index is 12.3. The molecule has 1 fully saturated rings. The topological polar surface area (TPSA) is 57.7 Å². The zero-order valence-electron chi connectivity index (χ0n) is 14.2. The number of carbonyl (C=O) groups is 1. The van der Waals surface area contributed by atoms with Crippen molar-refractivity contribution in [3.05, 3.63) is 35.4 Å². The first-order chi connectivity index (χ1) is 10.8. The largest absolute Gasteiger partial charge is 0.340 e. The smallest absolute Gasteiger partial charge is 0.222 e. The minimum Gasteiger partial charge on any atom is -0.340 e. The fourth-order valence-corrected chi connectivity index (χ4v) is 3.57. The summed E-state index contributed by atoms with van der Waals surface area (Å²) in [5, 5.41) is 0. The van der Waals surface area contributed by atoms with Gasteiger partial charge in [0.25, 0.3) is 0 Å². The van der Waals surface area contributed by atoms with Crippen molar-refractivity contribution in [2.45, 2.75) is 32.6 Å². The fraction of sp³-hybridized carbons (Fsp3) is 0.588. The quantitative estimate of drug-likeness (QED) is 0.823. The number of hydrogen-bond donors (Lipinski definition) is 0. The zero-order valence-corrected chi connectivity index (χ0v) is 15.0.